The quantitative estimate of drug-likeness (QED) is 0.725. The van der Waals surface area contributed by atoms with Crippen LogP contribution in [-0.4, -0.2) is 27.5 Å². The largest absolute Gasteiger partial charge is 0.444 e. The van der Waals surface area contributed by atoms with Gasteiger partial charge in [0.2, 0.25) is 0 Å². The Kier molecular flexibility index (Phi) is 3.72. The highest BCUT2D eigenvalue weighted by Crippen LogP contribution is 2.29. The Bertz CT molecular complexity index is 901. The molecule has 0 atom stereocenters. The molecule has 0 aliphatic carbocycles. The van der Waals surface area contributed by atoms with E-state index in [1.807, 2.05) is 0 Å². The van der Waals surface area contributed by atoms with Crippen LogP contribution in [0.5, 0.6) is 0 Å². The summed E-state index contributed by atoms with van der Waals surface area (Å²) in [5.74, 6) is -0.141. The summed E-state index contributed by atoms with van der Waals surface area (Å²) in [6, 6.07) is 9.54. The molecule has 0 saturated carbocycles. The Morgan fingerprint density at radius 3 is 2.75 bits per heavy atom. The predicted octanol–water partition coefficient (Wildman–Crippen LogP) is 3.77. The molecule has 1 amide bonds. The maximum atomic E-state index is 13.1. The number of H-pyrrole nitrogens is 1. The van der Waals surface area contributed by atoms with Crippen LogP contribution in [0.2, 0.25) is 0 Å². The molecule has 3 heterocycles. The van der Waals surface area contributed by atoms with Crippen LogP contribution < -0.4 is 0 Å². The number of rotatable bonds is 2. The molecule has 0 bridgehead atoms. The molecular weight excluding hydrogens is 377 g/mol. The molecule has 24 heavy (non-hydrogen) atoms. The third-order valence-electron chi connectivity index (χ3n) is 4.12. The first-order chi connectivity index (χ1) is 11.6. The number of carbonyl (C=O) groups is 1. The highest BCUT2D eigenvalue weighted by atomic mass is 79.9. The number of hydrogen-bond acceptors (Lipinski definition) is 3. The van der Waals surface area contributed by atoms with E-state index in [2.05, 4.69) is 26.1 Å². The summed E-state index contributed by atoms with van der Waals surface area (Å²) >= 11 is 3.21. The summed E-state index contributed by atoms with van der Waals surface area (Å²) in [6.07, 6.45) is 0.692. The Balaban J connectivity index is 1.63. The second kappa shape index (κ2) is 5.90. The van der Waals surface area contributed by atoms with Crippen molar-refractivity contribution in [1.29, 1.82) is 0 Å². The second-order valence-corrected chi connectivity index (χ2v) is 6.40. The molecule has 0 radical (unpaired) electrons. The van der Waals surface area contributed by atoms with Crippen LogP contribution in [0.3, 0.4) is 0 Å². The summed E-state index contributed by atoms with van der Waals surface area (Å²) in [5, 5.41) is 7.38. The van der Waals surface area contributed by atoms with Crippen LogP contribution in [0.1, 0.15) is 21.8 Å². The third-order valence-corrected chi connectivity index (χ3v) is 4.55. The van der Waals surface area contributed by atoms with Crippen molar-refractivity contribution in [3.05, 3.63) is 63.9 Å². The van der Waals surface area contributed by atoms with Crippen molar-refractivity contribution in [2.75, 3.05) is 6.54 Å². The summed E-state index contributed by atoms with van der Waals surface area (Å²) < 4.78 is 19.0. The minimum atomic E-state index is -0.289. The number of hydrogen-bond donors (Lipinski definition) is 1. The molecule has 4 rings (SSSR count). The first kappa shape index (κ1) is 15.1. The fourth-order valence-electron chi connectivity index (χ4n) is 2.90. The topological polar surface area (TPSA) is 62.1 Å². The molecule has 122 valence electrons. The van der Waals surface area contributed by atoms with Gasteiger partial charge < -0.3 is 9.32 Å². The minimum Gasteiger partial charge on any atom is -0.444 e. The molecule has 1 aliphatic heterocycles. The average molecular weight is 390 g/mol. The van der Waals surface area contributed by atoms with E-state index in [9.17, 15) is 9.18 Å². The van der Waals surface area contributed by atoms with E-state index in [1.165, 1.54) is 12.1 Å². The molecule has 1 aliphatic rings. The molecule has 0 unspecified atom stereocenters. The maximum absolute atomic E-state index is 13.1. The second-order valence-electron chi connectivity index (χ2n) is 5.62. The van der Waals surface area contributed by atoms with Crippen LogP contribution >= 0.6 is 15.9 Å². The summed E-state index contributed by atoms with van der Waals surface area (Å²) in [5.41, 5.74) is 3.55. The zero-order valence-corrected chi connectivity index (χ0v) is 14.1. The molecule has 7 heteroatoms. The summed E-state index contributed by atoms with van der Waals surface area (Å²) in [6.45, 7) is 1.03. The predicted molar refractivity (Wildman–Crippen MR) is 88.8 cm³/mol. The molecule has 0 saturated heterocycles. The van der Waals surface area contributed by atoms with E-state index in [4.69, 9.17) is 4.42 Å². The van der Waals surface area contributed by atoms with Gasteiger partial charge in [0.05, 0.1) is 12.2 Å². The van der Waals surface area contributed by atoms with E-state index >= 15 is 0 Å². The number of halogens is 2. The van der Waals surface area contributed by atoms with Crippen LogP contribution in [-0.2, 0) is 13.0 Å². The molecular formula is C17H13BrFN3O2. The van der Waals surface area contributed by atoms with Gasteiger partial charge in [0.25, 0.3) is 5.91 Å². The van der Waals surface area contributed by atoms with E-state index in [1.54, 1.807) is 29.2 Å². The van der Waals surface area contributed by atoms with E-state index in [0.29, 0.717) is 29.9 Å². The standard InChI is InChI=1S/C17H13BrFN3O2/c18-15-6-5-14(24-15)17(23)22-8-7-13-12(9-22)16(21-20-13)10-1-3-11(19)4-2-10/h1-6H,7-9H2,(H,20,21). The van der Waals surface area contributed by atoms with Crippen molar-refractivity contribution in [3.8, 4) is 11.3 Å². The molecule has 5 nitrogen and oxygen atoms in total. The highest BCUT2D eigenvalue weighted by molar-refractivity contribution is 9.10. The lowest BCUT2D eigenvalue weighted by atomic mass is 10.0. The fraction of sp³-hybridized carbons (Fsp3) is 0.176. The Hall–Kier alpha value is -2.41. The lowest BCUT2D eigenvalue weighted by Crippen LogP contribution is -2.35. The number of amides is 1. The number of nitrogens with one attached hydrogen (secondary N) is 1. The Labute approximate surface area is 145 Å². The van der Waals surface area contributed by atoms with E-state index < -0.39 is 0 Å². The fourth-order valence-corrected chi connectivity index (χ4v) is 3.21. The van der Waals surface area contributed by atoms with Crippen molar-refractivity contribution < 1.29 is 13.6 Å². The van der Waals surface area contributed by atoms with Gasteiger partial charge in [-0.2, -0.15) is 5.10 Å². The van der Waals surface area contributed by atoms with Gasteiger partial charge in [-0.3, -0.25) is 9.89 Å². The number of furan rings is 1. The number of fused-ring (bicyclic) bond motifs is 1. The molecule has 2 aromatic heterocycles. The van der Waals surface area contributed by atoms with Crippen molar-refractivity contribution in [1.82, 2.24) is 15.1 Å². The van der Waals surface area contributed by atoms with Gasteiger partial charge >= 0.3 is 0 Å². The first-order valence-electron chi connectivity index (χ1n) is 7.48. The van der Waals surface area contributed by atoms with Crippen molar-refractivity contribution in [2.24, 2.45) is 0 Å². The molecule has 1 aromatic carbocycles. The summed E-state index contributed by atoms with van der Waals surface area (Å²) in [7, 11) is 0. The molecule has 3 aromatic rings. The van der Waals surface area contributed by atoms with Gasteiger partial charge in [-0.1, -0.05) is 0 Å². The van der Waals surface area contributed by atoms with E-state index in [-0.39, 0.29) is 11.7 Å². The van der Waals surface area contributed by atoms with Gasteiger partial charge in [0, 0.05) is 29.8 Å². The number of aromatic amines is 1. The maximum Gasteiger partial charge on any atom is 0.289 e. The Morgan fingerprint density at radius 1 is 1.25 bits per heavy atom. The van der Waals surface area contributed by atoms with Gasteiger partial charge in [0.1, 0.15) is 5.82 Å². The number of benzene rings is 1. The monoisotopic (exact) mass is 389 g/mol. The van der Waals surface area contributed by atoms with Crippen LogP contribution in [0.25, 0.3) is 11.3 Å². The number of aromatic nitrogens is 2. The molecule has 1 N–H and O–H groups in total. The van der Waals surface area contributed by atoms with Gasteiger partial charge in [-0.05, 0) is 52.3 Å². The van der Waals surface area contributed by atoms with Gasteiger partial charge in [-0.25, -0.2) is 4.39 Å². The van der Waals surface area contributed by atoms with Crippen LogP contribution in [0.4, 0.5) is 4.39 Å². The molecule has 0 fully saturated rings. The first-order valence-corrected chi connectivity index (χ1v) is 8.28. The normalized spacial score (nSPS) is 13.8. The lowest BCUT2D eigenvalue weighted by molar-refractivity contribution is 0.0701. The number of nitrogens with zero attached hydrogens (tertiary/aromatic N) is 2. The third kappa shape index (κ3) is 2.65. The minimum absolute atomic E-state index is 0.155. The number of carbonyl (C=O) groups excluding carboxylic acids is 1. The zero-order chi connectivity index (χ0) is 16.7. The van der Waals surface area contributed by atoms with Gasteiger partial charge in [0.15, 0.2) is 10.4 Å². The van der Waals surface area contributed by atoms with E-state index in [0.717, 1.165) is 22.5 Å². The average Bonchev–Trinajstić information content (AvgIpc) is 3.21. The van der Waals surface area contributed by atoms with Crippen LogP contribution in [0.15, 0.2) is 45.5 Å². The van der Waals surface area contributed by atoms with Crippen LogP contribution in [0, 0.1) is 5.82 Å². The van der Waals surface area contributed by atoms with Gasteiger partial charge in [-0.15, -0.1) is 0 Å². The SMILES string of the molecule is O=C(c1ccc(Br)o1)N1CCc2[nH]nc(-c3ccc(F)cc3)c2C1. The summed E-state index contributed by atoms with van der Waals surface area (Å²) in [4.78, 5) is 14.3. The van der Waals surface area contributed by atoms with Crippen molar-refractivity contribution in [3.63, 3.8) is 0 Å². The van der Waals surface area contributed by atoms with Crippen molar-refractivity contribution >= 4 is 21.8 Å². The lowest BCUT2D eigenvalue weighted by Gasteiger charge is -2.26. The van der Waals surface area contributed by atoms with Crippen molar-refractivity contribution in [2.45, 2.75) is 13.0 Å². The Morgan fingerprint density at radius 2 is 2.04 bits per heavy atom. The zero-order valence-electron chi connectivity index (χ0n) is 12.6. The smallest absolute Gasteiger partial charge is 0.289 e. The molecule has 0 spiro atoms. The highest BCUT2D eigenvalue weighted by Gasteiger charge is 2.27.